The SMILES string of the molecule is CC1=NN(c2ccccc2)C(=O)C1=Cc1ccc(Sc2cccc3ccccc23)o1. The third-order valence-electron chi connectivity index (χ3n) is 4.91. The highest BCUT2D eigenvalue weighted by Crippen LogP contribution is 2.35. The number of furan rings is 1. The van der Waals surface area contributed by atoms with E-state index in [0.29, 0.717) is 17.0 Å². The maximum Gasteiger partial charge on any atom is 0.280 e. The van der Waals surface area contributed by atoms with E-state index in [-0.39, 0.29) is 5.91 Å². The lowest BCUT2D eigenvalue weighted by atomic mass is 10.1. The van der Waals surface area contributed by atoms with Crippen molar-refractivity contribution in [3.8, 4) is 0 Å². The van der Waals surface area contributed by atoms with Gasteiger partial charge in [0, 0.05) is 4.90 Å². The number of fused-ring (bicyclic) bond motifs is 1. The molecule has 30 heavy (non-hydrogen) atoms. The first-order valence-corrected chi connectivity index (χ1v) is 10.4. The van der Waals surface area contributed by atoms with Crippen molar-refractivity contribution in [1.29, 1.82) is 0 Å². The second kappa shape index (κ2) is 7.69. The third kappa shape index (κ3) is 3.44. The molecule has 0 saturated heterocycles. The Morgan fingerprint density at radius 1 is 0.900 bits per heavy atom. The van der Waals surface area contributed by atoms with Gasteiger partial charge in [0.2, 0.25) is 0 Å². The lowest BCUT2D eigenvalue weighted by Gasteiger charge is -2.10. The van der Waals surface area contributed by atoms with Crippen molar-refractivity contribution in [3.63, 3.8) is 0 Å². The molecule has 0 unspecified atom stereocenters. The molecule has 1 aliphatic heterocycles. The summed E-state index contributed by atoms with van der Waals surface area (Å²) < 4.78 is 6.00. The summed E-state index contributed by atoms with van der Waals surface area (Å²) in [5, 5.41) is 9.00. The fraction of sp³-hybridized carbons (Fsp3) is 0.0400. The van der Waals surface area contributed by atoms with Gasteiger partial charge in [0.25, 0.3) is 5.91 Å². The maximum atomic E-state index is 12.9. The van der Waals surface area contributed by atoms with Crippen molar-refractivity contribution in [2.75, 3.05) is 5.01 Å². The van der Waals surface area contributed by atoms with E-state index < -0.39 is 0 Å². The van der Waals surface area contributed by atoms with Gasteiger partial charge in [-0.25, -0.2) is 0 Å². The number of carbonyl (C=O) groups excluding carboxylic acids is 1. The Hall–Kier alpha value is -3.57. The number of hydrogen-bond donors (Lipinski definition) is 0. The average molecular weight is 410 g/mol. The van der Waals surface area contributed by atoms with Crippen LogP contribution in [0.4, 0.5) is 5.69 Å². The van der Waals surface area contributed by atoms with Crippen LogP contribution in [0.1, 0.15) is 12.7 Å². The van der Waals surface area contributed by atoms with Gasteiger partial charge in [-0.1, -0.05) is 66.4 Å². The van der Waals surface area contributed by atoms with Crippen LogP contribution in [0.2, 0.25) is 0 Å². The second-order valence-corrected chi connectivity index (χ2v) is 7.98. The van der Waals surface area contributed by atoms with Crippen LogP contribution in [0.5, 0.6) is 0 Å². The molecule has 0 spiro atoms. The first kappa shape index (κ1) is 18.5. The van der Waals surface area contributed by atoms with Gasteiger partial charge >= 0.3 is 0 Å². The van der Waals surface area contributed by atoms with Gasteiger partial charge in [-0.05, 0) is 54.1 Å². The standard InChI is InChI=1S/C25H18N2O2S/c1-17-22(25(28)27(26-17)19-10-3-2-4-11-19)16-20-14-15-24(29-20)30-23-13-7-9-18-8-5-6-12-21(18)23/h2-16H,1H3. The number of carbonyl (C=O) groups is 1. The molecular weight excluding hydrogens is 392 g/mol. The van der Waals surface area contributed by atoms with Crippen molar-refractivity contribution in [2.24, 2.45) is 5.10 Å². The first-order chi connectivity index (χ1) is 14.7. The van der Waals surface area contributed by atoms with Gasteiger partial charge < -0.3 is 4.42 Å². The van der Waals surface area contributed by atoms with Crippen LogP contribution in [0.25, 0.3) is 16.8 Å². The summed E-state index contributed by atoms with van der Waals surface area (Å²) in [5.41, 5.74) is 1.95. The number of rotatable bonds is 4. The van der Waals surface area contributed by atoms with Crippen LogP contribution in [-0.2, 0) is 4.79 Å². The minimum absolute atomic E-state index is 0.154. The van der Waals surface area contributed by atoms with E-state index in [0.717, 1.165) is 15.7 Å². The number of benzene rings is 3. The minimum atomic E-state index is -0.154. The molecule has 4 nitrogen and oxygen atoms in total. The number of nitrogens with zero attached hydrogens (tertiary/aromatic N) is 2. The molecular formula is C25H18N2O2S. The summed E-state index contributed by atoms with van der Waals surface area (Å²) >= 11 is 1.57. The Balaban J connectivity index is 1.40. The smallest absolute Gasteiger partial charge is 0.280 e. The first-order valence-electron chi connectivity index (χ1n) is 9.61. The molecule has 5 rings (SSSR count). The van der Waals surface area contributed by atoms with Gasteiger partial charge in [0.1, 0.15) is 5.76 Å². The van der Waals surface area contributed by atoms with Crippen LogP contribution in [0.3, 0.4) is 0 Å². The van der Waals surface area contributed by atoms with Crippen LogP contribution in [0.15, 0.2) is 110 Å². The molecule has 3 aromatic carbocycles. The zero-order valence-corrected chi connectivity index (χ0v) is 17.1. The van der Waals surface area contributed by atoms with E-state index in [2.05, 4.69) is 29.4 Å². The summed E-state index contributed by atoms with van der Waals surface area (Å²) in [4.78, 5) is 14.0. The largest absolute Gasteiger partial charge is 0.450 e. The van der Waals surface area contributed by atoms with Crippen molar-refractivity contribution < 1.29 is 9.21 Å². The summed E-state index contributed by atoms with van der Waals surface area (Å²) in [5.74, 6) is 0.476. The van der Waals surface area contributed by atoms with Crippen molar-refractivity contribution in [2.45, 2.75) is 16.9 Å². The molecule has 2 heterocycles. The monoisotopic (exact) mass is 410 g/mol. The number of hydrogen-bond acceptors (Lipinski definition) is 4. The van der Waals surface area contributed by atoms with Crippen molar-refractivity contribution in [3.05, 3.63) is 96.3 Å². The lowest BCUT2D eigenvalue weighted by Crippen LogP contribution is -2.21. The van der Waals surface area contributed by atoms with Gasteiger partial charge in [-0.15, -0.1) is 0 Å². The molecule has 1 amide bonds. The van der Waals surface area contributed by atoms with Crippen LogP contribution >= 0.6 is 11.8 Å². The molecule has 0 saturated carbocycles. The zero-order valence-electron chi connectivity index (χ0n) is 16.3. The molecule has 146 valence electrons. The van der Waals surface area contributed by atoms with E-state index in [4.69, 9.17) is 4.42 Å². The quantitative estimate of drug-likeness (QED) is 0.366. The van der Waals surface area contributed by atoms with E-state index in [1.807, 2.05) is 67.6 Å². The highest BCUT2D eigenvalue weighted by atomic mass is 32.2. The lowest BCUT2D eigenvalue weighted by molar-refractivity contribution is -0.114. The van der Waals surface area contributed by atoms with Gasteiger partial charge in [0.05, 0.1) is 17.0 Å². The molecule has 5 heteroatoms. The highest BCUT2D eigenvalue weighted by molar-refractivity contribution is 7.99. The number of amides is 1. The van der Waals surface area contributed by atoms with E-state index in [1.54, 1.807) is 17.8 Å². The number of anilines is 1. The highest BCUT2D eigenvalue weighted by Gasteiger charge is 2.28. The maximum absolute atomic E-state index is 12.9. The predicted molar refractivity (Wildman–Crippen MR) is 122 cm³/mol. The summed E-state index contributed by atoms with van der Waals surface area (Å²) in [7, 11) is 0. The zero-order chi connectivity index (χ0) is 20.5. The van der Waals surface area contributed by atoms with Gasteiger partial charge in [-0.3, -0.25) is 4.79 Å². The molecule has 1 aromatic heterocycles. The van der Waals surface area contributed by atoms with Crippen LogP contribution < -0.4 is 5.01 Å². The summed E-state index contributed by atoms with van der Waals surface area (Å²) in [6, 6.07) is 27.7. The molecule has 0 atom stereocenters. The van der Waals surface area contributed by atoms with Gasteiger partial charge in [-0.2, -0.15) is 10.1 Å². The topological polar surface area (TPSA) is 45.8 Å². The summed E-state index contributed by atoms with van der Waals surface area (Å²) in [6.07, 6.45) is 1.76. The fourth-order valence-corrected chi connectivity index (χ4v) is 4.36. The second-order valence-electron chi connectivity index (χ2n) is 6.93. The number of para-hydroxylation sites is 1. The third-order valence-corrected chi connectivity index (χ3v) is 5.91. The Labute approximate surface area is 178 Å². The molecule has 0 fully saturated rings. The summed E-state index contributed by atoms with van der Waals surface area (Å²) in [6.45, 7) is 1.83. The van der Waals surface area contributed by atoms with Crippen molar-refractivity contribution >= 4 is 45.9 Å². The van der Waals surface area contributed by atoms with E-state index in [1.165, 1.54) is 15.8 Å². The molecule has 4 aromatic rings. The van der Waals surface area contributed by atoms with E-state index >= 15 is 0 Å². The molecule has 1 aliphatic rings. The Morgan fingerprint density at radius 2 is 1.67 bits per heavy atom. The van der Waals surface area contributed by atoms with Gasteiger partial charge in [0.15, 0.2) is 5.09 Å². The number of hydrazone groups is 1. The molecule has 0 N–H and O–H groups in total. The Kier molecular flexibility index (Phi) is 4.73. The minimum Gasteiger partial charge on any atom is -0.450 e. The van der Waals surface area contributed by atoms with Crippen LogP contribution in [0, 0.1) is 0 Å². The molecule has 0 aliphatic carbocycles. The van der Waals surface area contributed by atoms with Crippen LogP contribution in [-0.4, -0.2) is 11.6 Å². The molecule has 0 bridgehead atoms. The van der Waals surface area contributed by atoms with E-state index in [9.17, 15) is 4.79 Å². The van der Waals surface area contributed by atoms with Crippen molar-refractivity contribution in [1.82, 2.24) is 0 Å². The predicted octanol–water partition coefficient (Wildman–Crippen LogP) is 6.39. The fourth-order valence-electron chi connectivity index (χ4n) is 3.43. The average Bonchev–Trinajstić information content (AvgIpc) is 3.34. The Bertz CT molecular complexity index is 1300. The normalized spacial score (nSPS) is 15.2. The molecule has 0 radical (unpaired) electrons. The Morgan fingerprint density at radius 3 is 2.53 bits per heavy atom.